The Kier molecular flexibility index (Phi) is 4.90. The molecule has 6 nitrogen and oxygen atoms in total. The first kappa shape index (κ1) is 16.2. The van der Waals surface area contributed by atoms with Gasteiger partial charge in [0.1, 0.15) is 5.75 Å². The number of ketones is 1. The number of halogens is 2. The lowest BCUT2D eigenvalue weighted by atomic mass is 10.2. The molecule has 0 radical (unpaired) electrons. The van der Waals surface area contributed by atoms with Gasteiger partial charge >= 0.3 is 6.61 Å². The van der Waals surface area contributed by atoms with Gasteiger partial charge in [0.25, 0.3) is 5.22 Å². The maximum absolute atomic E-state index is 12.1. The van der Waals surface area contributed by atoms with Gasteiger partial charge in [0.15, 0.2) is 5.78 Å². The molecule has 0 aliphatic rings. The van der Waals surface area contributed by atoms with Gasteiger partial charge in [-0.2, -0.15) is 8.78 Å². The summed E-state index contributed by atoms with van der Waals surface area (Å²) < 4.78 is 33.9. The number of rotatable bonds is 7. The second kappa shape index (κ2) is 7.26. The van der Waals surface area contributed by atoms with Gasteiger partial charge in [-0.15, -0.1) is 10.2 Å². The third kappa shape index (κ3) is 3.99. The van der Waals surface area contributed by atoms with Gasteiger partial charge < -0.3 is 14.1 Å². The first-order valence-corrected chi connectivity index (χ1v) is 7.78. The molecule has 0 fully saturated rings. The van der Waals surface area contributed by atoms with Crippen molar-refractivity contribution >= 4 is 17.5 Å². The van der Waals surface area contributed by atoms with Crippen LogP contribution in [-0.2, 0) is 0 Å². The summed E-state index contributed by atoms with van der Waals surface area (Å²) >= 11 is 1.12. The minimum Gasteiger partial charge on any atom is -0.435 e. The van der Waals surface area contributed by atoms with E-state index in [1.807, 2.05) is 0 Å². The first-order chi connectivity index (χ1) is 11.6. The summed E-state index contributed by atoms with van der Waals surface area (Å²) in [6, 6.07) is 9.25. The normalized spacial score (nSPS) is 11.0. The van der Waals surface area contributed by atoms with Crippen LogP contribution in [0.25, 0.3) is 11.5 Å². The van der Waals surface area contributed by atoms with Crippen LogP contribution in [0.3, 0.4) is 0 Å². The molecule has 0 aliphatic carbocycles. The van der Waals surface area contributed by atoms with Crippen LogP contribution in [-0.4, -0.2) is 33.3 Å². The van der Waals surface area contributed by atoms with Gasteiger partial charge in [0, 0.05) is 11.8 Å². The van der Waals surface area contributed by atoms with Crippen molar-refractivity contribution in [1.29, 1.82) is 0 Å². The molecule has 3 aromatic rings. The molecule has 0 spiro atoms. The van der Waals surface area contributed by atoms with Crippen LogP contribution in [0.4, 0.5) is 8.78 Å². The number of hydrogen-bond donors (Lipinski definition) is 1. The molecule has 1 aromatic carbocycles. The number of aromatic nitrogens is 3. The molecule has 9 heteroatoms. The number of alkyl halides is 2. The average molecular weight is 351 g/mol. The lowest BCUT2D eigenvalue weighted by molar-refractivity contribution is -0.0498. The molecule has 0 aliphatic heterocycles. The molecular weight excluding hydrogens is 340 g/mol. The van der Waals surface area contributed by atoms with Gasteiger partial charge in [-0.1, -0.05) is 11.8 Å². The highest BCUT2D eigenvalue weighted by molar-refractivity contribution is 7.99. The molecule has 0 unspecified atom stereocenters. The number of benzene rings is 1. The van der Waals surface area contributed by atoms with Crippen LogP contribution in [0, 0.1) is 0 Å². The molecule has 3 rings (SSSR count). The number of carbonyl (C=O) groups is 1. The van der Waals surface area contributed by atoms with Crippen molar-refractivity contribution in [3.63, 3.8) is 0 Å². The van der Waals surface area contributed by atoms with E-state index in [2.05, 4.69) is 19.9 Å². The number of aromatic amines is 1. The summed E-state index contributed by atoms with van der Waals surface area (Å²) in [5.74, 6) is 0.342. The van der Waals surface area contributed by atoms with Gasteiger partial charge in [0.2, 0.25) is 5.89 Å². The summed E-state index contributed by atoms with van der Waals surface area (Å²) in [6.07, 6.45) is 1.67. The Morgan fingerprint density at radius 1 is 1.25 bits per heavy atom. The standard InChI is InChI=1S/C15H11F2N3O3S/c16-14(17)22-10-5-3-9(4-6-10)13-19-20-15(23-13)24-8-12(21)11-2-1-7-18-11/h1-7,14,18H,8H2. The molecule has 2 aromatic heterocycles. The van der Waals surface area contributed by atoms with Crippen LogP contribution in [0.2, 0.25) is 0 Å². The van der Waals surface area contributed by atoms with Gasteiger partial charge in [-0.05, 0) is 36.4 Å². The van der Waals surface area contributed by atoms with E-state index in [0.29, 0.717) is 11.3 Å². The maximum atomic E-state index is 12.1. The van der Waals surface area contributed by atoms with Gasteiger partial charge in [-0.3, -0.25) is 4.79 Å². The number of thioether (sulfide) groups is 1. The van der Waals surface area contributed by atoms with E-state index in [1.165, 1.54) is 24.3 Å². The predicted molar refractivity (Wildman–Crippen MR) is 82.2 cm³/mol. The summed E-state index contributed by atoms with van der Waals surface area (Å²) in [5, 5.41) is 7.97. The Labute approximate surface area is 139 Å². The minimum absolute atomic E-state index is 0.0411. The van der Waals surface area contributed by atoms with Crippen molar-refractivity contribution in [3.8, 4) is 17.2 Å². The van der Waals surface area contributed by atoms with Crippen molar-refractivity contribution in [2.75, 3.05) is 5.75 Å². The third-order valence-electron chi connectivity index (χ3n) is 2.96. The molecule has 0 saturated carbocycles. The molecule has 0 saturated heterocycles. The molecule has 0 amide bonds. The highest BCUT2D eigenvalue weighted by atomic mass is 32.2. The highest BCUT2D eigenvalue weighted by Crippen LogP contribution is 2.25. The monoisotopic (exact) mass is 351 g/mol. The Morgan fingerprint density at radius 3 is 2.71 bits per heavy atom. The van der Waals surface area contributed by atoms with Crippen LogP contribution in [0.5, 0.6) is 5.75 Å². The Hall–Kier alpha value is -2.68. The number of Topliss-reactive ketones (excluding diaryl/α,β-unsaturated/α-hetero) is 1. The molecule has 0 atom stereocenters. The van der Waals surface area contributed by atoms with E-state index < -0.39 is 6.61 Å². The second-order valence-electron chi connectivity index (χ2n) is 4.57. The average Bonchev–Trinajstić information content (AvgIpc) is 3.25. The quantitative estimate of drug-likeness (QED) is 0.517. The molecule has 1 N–H and O–H groups in total. The van der Waals surface area contributed by atoms with Gasteiger partial charge in [0.05, 0.1) is 11.4 Å². The van der Waals surface area contributed by atoms with Crippen molar-refractivity contribution < 1.29 is 22.7 Å². The van der Waals surface area contributed by atoms with E-state index in [-0.39, 0.29) is 28.4 Å². The SMILES string of the molecule is O=C(CSc1nnc(-c2ccc(OC(F)F)cc2)o1)c1ccc[nH]1. The van der Waals surface area contributed by atoms with E-state index in [9.17, 15) is 13.6 Å². The molecule has 24 heavy (non-hydrogen) atoms. The second-order valence-corrected chi connectivity index (χ2v) is 5.50. The number of nitrogens with zero attached hydrogens (tertiary/aromatic N) is 2. The molecule has 2 heterocycles. The lowest BCUT2D eigenvalue weighted by Crippen LogP contribution is -2.02. The van der Waals surface area contributed by atoms with Crippen molar-refractivity contribution in [1.82, 2.24) is 15.2 Å². The lowest BCUT2D eigenvalue weighted by Gasteiger charge is -2.03. The molecular formula is C15H11F2N3O3S. The van der Waals surface area contributed by atoms with Crippen molar-refractivity contribution in [2.45, 2.75) is 11.8 Å². The first-order valence-electron chi connectivity index (χ1n) is 6.80. The topological polar surface area (TPSA) is 81.0 Å². The smallest absolute Gasteiger partial charge is 0.387 e. The zero-order valence-electron chi connectivity index (χ0n) is 12.1. The zero-order valence-corrected chi connectivity index (χ0v) is 12.9. The maximum Gasteiger partial charge on any atom is 0.387 e. The number of ether oxygens (including phenoxy) is 1. The summed E-state index contributed by atoms with van der Waals surface area (Å²) in [6.45, 7) is -2.88. The fourth-order valence-corrected chi connectivity index (χ4v) is 2.52. The van der Waals surface area contributed by atoms with E-state index in [1.54, 1.807) is 18.3 Å². The Morgan fingerprint density at radius 2 is 2.04 bits per heavy atom. The van der Waals surface area contributed by atoms with Crippen LogP contribution in [0.15, 0.2) is 52.2 Å². The Bertz CT molecular complexity index is 804. The van der Waals surface area contributed by atoms with Crippen LogP contribution >= 0.6 is 11.8 Å². The van der Waals surface area contributed by atoms with Crippen molar-refractivity contribution in [2.24, 2.45) is 0 Å². The fourth-order valence-electron chi connectivity index (χ4n) is 1.87. The van der Waals surface area contributed by atoms with Crippen LogP contribution < -0.4 is 4.74 Å². The largest absolute Gasteiger partial charge is 0.435 e. The number of hydrogen-bond acceptors (Lipinski definition) is 6. The molecule has 0 bridgehead atoms. The summed E-state index contributed by atoms with van der Waals surface area (Å²) in [7, 11) is 0. The number of carbonyl (C=O) groups excluding carboxylic acids is 1. The highest BCUT2D eigenvalue weighted by Gasteiger charge is 2.13. The third-order valence-corrected chi connectivity index (χ3v) is 3.78. The Balaban J connectivity index is 1.61. The van der Waals surface area contributed by atoms with Gasteiger partial charge in [-0.25, -0.2) is 0 Å². The fraction of sp³-hybridized carbons (Fsp3) is 0.133. The summed E-state index contributed by atoms with van der Waals surface area (Å²) in [4.78, 5) is 14.7. The van der Waals surface area contributed by atoms with E-state index in [4.69, 9.17) is 4.42 Å². The van der Waals surface area contributed by atoms with Crippen LogP contribution in [0.1, 0.15) is 10.5 Å². The van der Waals surface area contributed by atoms with Crippen molar-refractivity contribution in [3.05, 3.63) is 48.3 Å². The zero-order chi connectivity index (χ0) is 16.9. The summed E-state index contributed by atoms with van der Waals surface area (Å²) in [5.41, 5.74) is 1.07. The van der Waals surface area contributed by atoms with E-state index >= 15 is 0 Å². The minimum atomic E-state index is -2.88. The van der Waals surface area contributed by atoms with E-state index in [0.717, 1.165) is 11.8 Å². The number of H-pyrrole nitrogens is 1. The predicted octanol–water partition coefficient (Wildman–Crippen LogP) is 3.64. The molecule has 124 valence electrons. The number of nitrogens with one attached hydrogen (secondary N) is 1.